The molecule has 2 fully saturated rings. The van der Waals surface area contributed by atoms with Gasteiger partial charge in [0.1, 0.15) is 23.8 Å². The van der Waals surface area contributed by atoms with E-state index in [4.69, 9.17) is 25.8 Å². The third-order valence-corrected chi connectivity index (χ3v) is 15.9. The molecule has 4 N–H and O–H groups in total. The van der Waals surface area contributed by atoms with Crippen LogP contribution in [0.1, 0.15) is 49.0 Å². The number of benzene rings is 3. The van der Waals surface area contributed by atoms with Crippen LogP contribution in [0.15, 0.2) is 89.6 Å². The number of hydrogen-bond acceptors (Lipinski definition) is 14. The van der Waals surface area contributed by atoms with Crippen molar-refractivity contribution >= 4 is 71.4 Å². The number of amides is 1. The number of piperazine rings is 1. The Morgan fingerprint density at radius 1 is 1.00 bits per heavy atom. The third-order valence-electron chi connectivity index (χ3n) is 12.7. The number of H-pyrrole nitrogens is 1. The van der Waals surface area contributed by atoms with Crippen molar-refractivity contribution in [3.8, 4) is 17.2 Å². The van der Waals surface area contributed by atoms with Crippen molar-refractivity contribution in [1.29, 1.82) is 0 Å². The molecule has 360 valence electrons. The molecule has 1 amide bonds. The molecule has 19 nitrogen and oxygen atoms in total. The van der Waals surface area contributed by atoms with E-state index >= 15 is 0 Å². The minimum Gasteiger partial charge on any atom is -0.489 e. The summed E-state index contributed by atoms with van der Waals surface area (Å²) < 4.78 is 76.6. The topological polar surface area (TPSA) is 231 Å². The molecule has 4 aliphatic rings. The summed E-state index contributed by atoms with van der Waals surface area (Å²) in [5.41, 5.74) is 4.73. The van der Waals surface area contributed by atoms with Crippen molar-refractivity contribution in [2.24, 2.45) is 5.41 Å². The quantitative estimate of drug-likeness (QED) is 0.0722. The predicted molar refractivity (Wildman–Crippen MR) is 257 cm³/mol. The standard InChI is InChI=1S/C46H52ClN9O10S2/c1-46(2)11-9-32(39(25-46)30-3-5-33(47)6-4-30)28-53-13-15-54(16-14-53)35-7-8-38(41(22-35)66-36-21-31-10-12-48-44(31)49-27-36)45(57)52-67(60,61)37-23-40(56(58)59)43-42(24-37)65-29-34(51-43)26-50-68(62,63)55-17-19-64-20-18-55/h3-8,10,12,21-24,27,34,50-51H,9,11,13-20,25-26,28-29H2,1-2H3,(H,48,49)(H,52,57)/t34-/m0/s1. The van der Waals surface area contributed by atoms with Gasteiger partial charge >= 0.3 is 0 Å². The number of nitro groups is 1. The Balaban J connectivity index is 0.922. The van der Waals surface area contributed by atoms with Crippen LogP contribution in [0.2, 0.25) is 5.02 Å². The molecule has 5 heterocycles. The molecule has 68 heavy (non-hydrogen) atoms. The van der Waals surface area contributed by atoms with Gasteiger partial charge in [-0.15, -0.1) is 0 Å². The smallest absolute Gasteiger partial charge is 0.297 e. The van der Waals surface area contributed by atoms with Crippen LogP contribution >= 0.6 is 11.6 Å². The Morgan fingerprint density at radius 3 is 2.51 bits per heavy atom. The highest BCUT2D eigenvalue weighted by molar-refractivity contribution is 7.90. The SMILES string of the molecule is CC1(C)CCC(CN2CCN(c3ccc(C(=O)NS(=O)(=O)c4cc5c(c([N+](=O)[O-])c4)N[C@@H](CNS(=O)(=O)N4CCOCC4)CO5)c(Oc4cnc5[nH]ccc5c4)c3)CC2)=C(c2ccc(Cl)cc2)C1. The molecule has 2 aromatic heterocycles. The Morgan fingerprint density at radius 2 is 1.76 bits per heavy atom. The molecule has 0 spiro atoms. The highest BCUT2D eigenvalue weighted by Gasteiger charge is 2.34. The van der Waals surface area contributed by atoms with E-state index in [-0.39, 0.29) is 67.6 Å². The number of ether oxygens (including phenoxy) is 3. The lowest BCUT2D eigenvalue weighted by atomic mass is 9.72. The van der Waals surface area contributed by atoms with Crippen molar-refractivity contribution in [2.75, 3.05) is 82.4 Å². The van der Waals surface area contributed by atoms with E-state index in [2.05, 4.69) is 60.5 Å². The molecule has 1 atom stereocenters. The monoisotopic (exact) mass is 989 g/mol. The van der Waals surface area contributed by atoms with Gasteiger partial charge in [0.05, 0.1) is 40.8 Å². The zero-order valence-corrected chi connectivity index (χ0v) is 39.9. The maximum atomic E-state index is 14.1. The van der Waals surface area contributed by atoms with Gasteiger partial charge in [-0.25, -0.2) is 18.1 Å². The van der Waals surface area contributed by atoms with E-state index in [0.29, 0.717) is 29.5 Å². The number of morpholine rings is 1. The zero-order valence-electron chi connectivity index (χ0n) is 37.5. The van der Waals surface area contributed by atoms with E-state index in [1.54, 1.807) is 24.4 Å². The molecule has 0 unspecified atom stereocenters. The minimum absolute atomic E-state index is 0.0659. The molecular formula is C46H52ClN9O10S2. The maximum absolute atomic E-state index is 14.1. The first-order valence-electron chi connectivity index (χ1n) is 22.3. The number of allylic oxidation sites excluding steroid dienone is 1. The first-order valence-corrected chi connectivity index (χ1v) is 25.6. The summed E-state index contributed by atoms with van der Waals surface area (Å²) in [6, 6.07) is 17.7. The maximum Gasteiger partial charge on any atom is 0.297 e. The normalized spacial score (nSPS) is 19.2. The van der Waals surface area contributed by atoms with E-state index in [1.165, 1.54) is 33.3 Å². The predicted octanol–water partition coefficient (Wildman–Crippen LogP) is 6.16. The number of nitro benzene ring substituents is 1. The lowest BCUT2D eigenvalue weighted by Gasteiger charge is -2.39. The van der Waals surface area contributed by atoms with E-state index in [1.807, 2.05) is 18.2 Å². The number of rotatable bonds is 14. The molecule has 0 saturated carbocycles. The summed E-state index contributed by atoms with van der Waals surface area (Å²) in [5, 5.41) is 16.7. The number of hydrogen-bond donors (Lipinski definition) is 4. The van der Waals surface area contributed by atoms with Crippen LogP contribution in [0.4, 0.5) is 17.1 Å². The summed E-state index contributed by atoms with van der Waals surface area (Å²) in [6.45, 7) is 8.97. The van der Waals surface area contributed by atoms with Gasteiger partial charge in [0.15, 0.2) is 11.4 Å². The summed E-state index contributed by atoms with van der Waals surface area (Å²) in [6.07, 6.45) is 6.35. The molecule has 3 aliphatic heterocycles. The molecule has 22 heteroatoms. The Labute approximate surface area is 399 Å². The molecule has 0 bridgehead atoms. The average Bonchev–Trinajstić information content (AvgIpc) is 3.80. The van der Waals surface area contributed by atoms with Gasteiger partial charge < -0.3 is 29.4 Å². The van der Waals surface area contributed by atoms with Crippen molar-refractivity contribution in [1.82, 2.24) is 28.6 Å². The minimum atomic E-state index is -4.76. The molecule has 2 saturated heterocycles. The highest BCUT2D eigenvalue weighted by atomic mass is 35.5. The fourth-order valence-corrected chi connectivity index (χ4v) is 11.3. The highest BCUT2D eigenvalue weighted by Crippen LogP contribution is 2.44. The van der Waals surface area contributed by atoms with Crippen molar-refractivity contribution in [3.63, 3.8) is 0 Å². The molecule has 0 radical (unpaired) electrons. The number of nitrogens with zero attached hydrogens (tertiary/aromatic N) is 5. The van der Waals surface area contributed by atoms with Crippen LogP contribution in [0, 0.1) is 15.5 Å². The lowest BCUT2D eigenvalue weighted by molar-refractivity contribution is -0.384. The van der Waals surface area contributed by atoms with Gasteiger partial charge in [-0.3, -0.25) is 19.8 Å². The summed E-state index contributed by atoms with van der Waals surface area (Å²) in [7, 11) is -8.63. The van der Waals surface area contributed by atoms with Gasteiger partial charge in [0, 0.05) is 92.9 Å². The molecule has 1 aliphatic carbocycles. The average molecular weight is 991 g/mol. The zero-order chi connectivity index (χ0) is 47.8. The largest absolute Gasteiger partial charge is 0.489 e. The second kappa shape index (κ2) is 19.3. The van der Waals surface area contributed by atoms with Crippen LogP contribution in [0.3, 0.4) is 0 Å². The van der Waals surface area contributed by atoms with Crippen molar-refractivity contribution in [3.05, 3.63) is 111 Å². The number of fused-ring (bicyclic) bond motifs is 2. The Kier molecular flexibility index (Phi) is 13.4. The van der Waals surface area contributed by atoms with Gasteiger partial charge in [0.2, 0.25) is 0 Å². The second-order valence-electron chi connectivity index (χ2n) is 18.1. The van der Waals surface area contributed by atoms with E-state index in [9.17, 15) is 31.7 Å². The van der Waals surface area contributed by atoms with Gasteiger partial charge in [-0.1, -0.05) is 43.2 Å². The molecule has 3 aromatic carbocycles. The van der Waals surface area contributed by atoms with E-state index in [0.717, 1.165) is 62.1 Å². The van der Waals surface area contributed by atoms with Gasteiger partial charge in [-0.05, 0) is 72.2 Å². The first-order chi connectivity index (χ1) is 32.5. The summed E-state index contributed by atoms with van der Waals surface area (Å²) >= 11 is 6.24. The number of anilines is 2. The van der Waals surface area contributed by atoms with Crippen LogP contribution in [0.5, 0.6) is 17.2 Å². The van der Waals surface area contributed by atoms with E-state index < -0.39 is 47.7 Å². The van der Waals surface area contributed by atoms with Crippen LogP contribution in [-0.2, 0) is 25.0 Å². The Hall–Kier alpha value is -5.81. The number of halogens is 1. The first kappa shape index (κ1) is 47.3. The fourth-order valence-electron chi connectivity index (χ4n) is 8.98. The van der Waals surface area contributed by atoms with Crippen molar-refractivity contribution in [2.45, 2.75) is 44.0 Å². The molecule has 9 rings (SSSR count). The van der Waals surface area contributed by atoms with Crippen LogP contribution < -0.4 is 29.1 Å². The molecule has 5 aromatic rings. The second-order valence-corrected chi connectivity index (χ2v) is 22.0. The summed E-state index contributed by atoms with van der Waals surface area (Å²) in [4.78, 5) is 37.1. The number of carbonyl (C=O) groups excluding carboxylic acids is 1. The number of carbonyl (C=O) groups is 1. The number of nitrogens with one attached hydrogen (secondary N) is 4. The van der Waals surface area contributed by atoms with Crippen LogP contribution in [0.25, 0.3) is 16.6 Å². The number of pyridine rings is 1. The molecular weight excluding hydrogens is 938 g/mol. The number of aromatic nitrogens is 2. The van der Waals surface area contributed by atoms with Crippen LogP contribution in [-0.4, -0.2) is 125 Å². The van der Waals surface area contributed by atoms with Gasteiger partial charge in [0.25, 0.3) is 31.8 Å². The summed E-state index contributed by atoms with van der Waals surface area (Å²) in [5.74, 6) is -0.837. The number of aromatic amines is 1. The van der Waals surface area contributed by atoms with Crippen molar-refractivity contribution < 1.29 is 40.8 Å². The number of sulfonamides is 1. The lowest BCUT2D eigenvalue weighted by Crippen LogP contribution is -2.50. The Bertz CT molecular complexity index is 2990. The third kappa shape index (κ3) is 10.6. The van der Waals surface area contributed by atoms with Gasteiger partial charge in [-0.2, -0.15) is 17.4 Å². The fraction of sp³-hybridized carbons (Fsp3) is 0.391.